The van der Waals surface area contributed by atoms with Crippen molar-refractivity contribution in [3.8, 4) is 0 Å². The molecule has 0 saturated carbocycles. The Morgan fingerprint density at radius 1 is 1.08 bits per heavy atom. The van der Waals surface area contributed by atoms with Gasteiger partial charge in [-0.05, 0) is 49.2 Å². The highest BCUT2D eigenvalue weighted by atomic mass is 32.2. The van der Waals surface area contributed by atoms with Crippen LogP contribution in [0.2, 0.25) is 0 Å². The van der Waals surface area contributed by atoms with Gasteiger partial charge < -0.3 is 15.0 Å². The number of morpholine rings is 1. The Kier molecular flexibility index (Phi) is 6.72. The maximum absolute atomic E-state index is 12.2. The van der Waals surface area contributed by atoms with E-state index in [-0.39, 0.29) is 5.91 Å². The molecule has 1 amide bonds. The molecule has 1 fully saturated rings. The molecule has 0 aliphatic carbocycles. The average Bonchev–Trinajstić information content (AvgIpc) is 2.65. The lowest BCUT2D eigenvalue weighted by molar-refractivity contribution is -0.921. The summed E-state index contributed by atoms with van der Waals surface area (Å²) in [6.45, 7) is 9.03. The molecule has 5 heteroatoms. The minimum atomic E-state index is 0.0276. The molecule has 1 heterocycles. The topological polar surface area (TPSA) is 42.8 Å². The van der Waals surface area contributed by atoms with Gasteiger partial charge in [-0.2, -0.15) is 0 Å². The molecule has 0 unspecified atom stereocenters. The van der Waals surface area contributed by atoms with Crippen molar-refractivity contribution in [2.24, 2.45) is 0 Å². The second kappa shape index (κ2) is 9.21. The number of benzene rings is 2. The van der Waals surface area contributed by atoms with Gasteiger partial charge >= 0.3 is 0 Å². The van der Waals surface area contributed by atoms with Crippen LogP contribution in [0.1, 0.15) is 16.7 Å². The van der Waals surface area contributed by atoms with Crippen LogP contribution in [0.3, 0.4) is 0 Å². The highest BCUT2D eigenvalue weighted by Gasteiger charge is 2.14. The van der Waals surface area contributed by atoms with Crippen molar-refractivity contribution in [1.29, 1.82) is 0 Å². The Labute approximate surface area is 159 Å². The lowest BCUT2D eigenvalue weighted by Crippen LogP contribution is -3.12. The molecule has 0 atom stereocenters. The summed E-state index contributed by atoms with van der Waals surface area (Å²) < 4.78 is 5.40. The highest BCUT2D eigenvalue weighted by Crippen LogP contribution is 2.21. The Bertz CT molecular complexity index is 740. The second-order valence-corrected chi connectivity index (χ2v) is 7.87. The van der Waals surface area contributed by atoms with Gasteiger partial charge in [0.2, 0.25) is 5.91 Å². The van der Waals surface area contributed by atoms with Crippen LogP contribution in [0.25, 0.3) is 0 Å². The monoisotopic (exact) mass is 371 g/mol. The number of carbonyl (C=O) groups is 1. The van der Waals surface area contributed by atoms with Crippen LogP contribution in [0, 0.1) is 13.8 Å². The van der Waals surface area contributed by atoms with E-state index in [4.69, 9.17) is 4.74 Å². The number of carbonyl (C=O) groups excluding carboxylic acids is 1. The van der Waals surface area contributed by atoms with E-state index in [9.17, 15) is 4.79 Å². The number of quaternary nitrogens is 1. The first-order valence-corrected chi connectivity index (χ1v) is 10.1. The minimum Gasteiger partial charge on any atom is -0.370 e. The number of ether oxygens (including phenoxy) is 1. The number of hydrogen-bond acceptors (Lipinski definition) is 3. The van der Waals surface area contributed by atoms with Gasteiger partial charge in [0.05, 0.1) is 19.0 Å². The second-order valence-electron chi connectivity index (χ2n) is 6.82. The highest BCUT2D eigenvalue weighted by molar-refractivity contribution is 8.00. The number of nitrogens with one attached hydrogen (secondary N) is 2. The summed E-state index contributed by atoms with van der Waals surface area (Å²) in [6.07, 6.45) is 0. The zero-order valence-electron chi connectivity index (χ0n) is 15.5. The number of anilines is 1. The summed E-state index contributed by atoms with van der Waals surface area (Å²) in [5.74, 6) is 0.446. The Hall–Kier alpha value is -1.82. The Balaban J connectivity index is 1.47. The predicted octanol–water partition coefficient (Wildman–Crippen LogP) is 2.45. The van der Waals surface area contributed by atoms with Crippen LogP contribution in [0.15, 0.2) is 47.4 Å². The minimum absolute atomic E-state index is 0.0276. The number of rotatable bonds is 6. The van der Waals surface area contributed by atoms with Gasteiger partial charge in [-0.15, -0.1) is 11.8 Å². The van der Waals surface area contributed by atoms with Gasteiger partial charge in [0.25, 0.3) is 0 Å². The van der Waals surface area contributed by atoms with Gasteiger partial charge in [0, 0.05) is 16.1 Å². The third kappa shape index (κ3) is 5.59. The van der Waals surface area contributed by atoms with E-state index in [2.05, 4.69) is 49.5 Å². The maximum Gasteiger partial charge on any atom is 0.234 e. The molecule has 0 bridgehead atoms. The van der Waals surface area contributed by atoms with Crippen molar-refractivity contribution < 1.29 is 14.4 Å². The van der Waals surface area contributed by atoms with Crippen molar-refractivity contribution in [2.45, 2.75) is 25.3 Å². The molecular weight excluding hydrogens is 344 g/mol. The molecule has 2 aromatic rings. The third-order valence-corrected chi connectivity index (χ3v) is 5.73. The number of thioether (sulfide) groups is 1. The number of aryl methyl sites for hydroxylation is 2. The van der Waals surface area contributed by atoms with Crippen LogP contribution in [-0.4, -0.2) is 38.0 Å². The zero-order valence-corrected chi connectivity index (χ0v) is 16.3. The van der Waals surface area contributed by atoms with E-state index in [1.807, 2.05) is 12.1 Å². The van der Waals surface area contributed by atoms with E-state index in [1.54, 1.807) is 16.7 Å². The molecule has 2 N–H and O–H groups in total. The fourth-order valence-corrected chi connectivity index (χ4v) is 3.78. The molecule has 138 valence electrons. The fraction of sp³-hybridized carbons (Fsp3) is 0.381. The summed E-state index contributed by atoms with van der Waals surface area (Å²) in [5.41, 5.74) is 4.69. The van der Waals surface area contributed by atoms with E-state index in [0.717, 1.165) is 43.4 Å². The summed E-state index contributed by atoms with van der Waals surface area (Å²) in [7, 11) is 0. The number of amides is 1. The van der Waals surface area contributed by atoms with Crippen LogP contribution in [-0.2, 0) is 16.1 Å². The molecule has 0 spiro atoms. The van der Waals surface area contributed by atoms with Gasteiger partial charge in [0.15, 0.2) is 0 Å². The van der Waals surface area contributed by atoms with E-state index >= 15 is 0 Å². The van der Waals surface area contributed by atoms with Crippen LogP contribution < -0.4 is 10.2 Å². The normalized spacial score (nSPS) is 15.0. The molecule has 2 aromatic carbocycles. The van der Waals surface area contributed by atoms with Crippen molar-refractivity contribution in [3.63, 3.8) is 0 Å². The van der Waals surface area contributed by atoms with Crippen LogP contribution >= 0.6 is 11.8 Å². The summed E-state index contributed by atoms with van der Waals surface area (Å²) >= 11 is 1.57. The van der Waals surface area contributed by atoms with Crippen LogP contribution in [0.4, 0.5) is 5.69 Å². The summed E-state index contributed by atoms with van der Waals surface area (Å²) in [6, 6.07) is 14.5. The quantitative estimate of drug-likeness (QED) is 0.767. The molecular formula is C21H27N2O2S+. The standard InChI is InChI=1S/C21H26N2O2S/c1-16-3-8-20(13-17(16)2)26-15-21(24)22-19-6-4-18(5-7-19)14-23-9-11-25-12-10-23/h3-8,13H,9-12,14-15H2,1-2H3,(H,22,24)/p+1. The molecule has 3 rings (SSSR count). The van der Waals surface area contributed by atoms with Crippen molar-refractivity contribution >= 4 is 23.4 Å². The molecule has 26 heavy (non-hydrogen) atoms. The molecule has 1 saturated heterocycles. The van der Waals surface area contributed by atoms with Gasteiger partial charge in [-0.25, -0.2) is 0 Å². The van der Waals surface area contributed by atoms with E-state index < -0.39 is 0 Å². The molecule has 1 aliphatic heterocycles. The Morgan fingerprint density at radius 2 is 1.81 bits per heavy atom. The zero-order chi connectivity index (χ0) is 18.4. The SMILES string of the molecule is Cc1ccc(SCC(=O)Nc2ccc(C[NH+]3CCOCC3)cc2)cc1C. The van der Waals surface area contributed by atoms with Crippen molar-refractivity contribution in [1.82, 2.24) is 0 Å². The summed E-state index contributed by atoms with van der Waals surface area (Å²) in [4.78, 5) is 14.9. The fourth-order valence-electron chi connectivity index (χ4n) is 2.98. The molecule has 4 nitrogen and oxygen atoms in total. The largest absolute Gasteiger partial charge is 0.370 e. The van der Waals surface area contributed by atoms with E-state index in [0.29, 0.717) is 5.75 Å². The van der Waals surface area contributed by atoms with Crippen molar-refractivity contribution in [2.75, 3.05) is 37.4 Å². The first-order chi connectivity index (χ1) is 12.6. The summed E-state index contributed by atoms with van der Waals surface area (Å²) in [5, 5.41) is 2.98. The lowest BCUT2D eigenvalue weighted by atomic mass is 10.1. The molecule has 0 radical (unpaired) electrons. The van der Waals surface area contributed by atoms with E-state index in [1.165, 1.54) is 16.7 Å². The van der Waals surface area contributed by atoms with Gasteiger partial charge in [-0.1, -0.05) is 18.2 Å². The molecule has 0 aromatic heterocycles. The Morgan fingerprint density at radius 3 is 2.50 bits per heavy atom. The first-order valence-electron chi connectivity index (χ1n) is 9.10. The lowest BCUT2D eigenvalue weighted by Gasteiger charge is -2.23. The smallest absolute Gasteiger partial charge is 0.234 e. The van der Waals surface area contributed by atoms with Crippen LogP contribution in [0.5, 0.6) is 0 Å². The maximum atomic E-state index is 12.2. The van der Waals surface area contributed by atoms with Crippen molar-refractivity contribution in [3.05, 3.63) is 59.2 Å². The first kappa shape index (κ1) is 19.0. The molecule has 1 aliphatic rings. The number of hydrogen-bond donors (Lipinski definition) is 2. The predicted molar refractivity (Wildman–Crippen MR) is 107 cm³/mol. The van der Waals surface area contributed by atoms with Gasteiger partial charge in [0.1, 0.15) is 19.6 Å². The average molecular weight is 372 g/mol. The van der Waals surface area contributed by atoms with Gasteiger partial charge in [-0.3, -0.25) is 4.79 Å². The third-order valence-electron chi connectivity index (χ3n) is 4.74.